The summed E-state index contributed by atoms with van der Waals surface area (Å²) in [5, 5.41) is 3.52. The van der Waals surface area contributed by atoms with Gasteiger partial charge in [-0.1, -0.05) is 13.3 Å². The molecule has 1 saturated carbocycles. The number of hydrogen-bond acceptors (Lipinski definition) is 2. The Labute approximate surface area is 93.3 Å². The van der Waals surface area contributed by atoms with E-state index in [1.165, 1.54) is 19.3 Å². The van der Waals surface area contributed by atoms with Gasteiger partial charge in [0.05, 0.1) is 11.9 Å². The largest absolute Gasteiger partial charge is 0.381 e. The van der Waals surface area contributed by atoms with Gasteiger partial charge in [0.2, 0.25) is 0 Å². The standard InChI is InChI=1S/C11H15BrN2/c1-2-8-3-5-10(8)14-9-4-6-11(12)13-7-9/h4,6-8,10,14H,2-3,5H2,1H3. The van der Waals surface area contributed by atoms with Gasteiger partial charge in [-0.25, -0.2) is 4.98 Å². The second kappa shape index (κ2) is 4.30. The fourth-order valence-corrected chi connectivity index (χ4v) is 2.16. The molecule has 3 heteroatoms. The van der Waals surface area contributed by atoms with Gasteiger partial charge in [0.15, 0.2) is 0 Å². The summed E-state index contributed by atoms with van der Waals surface area (Å²) >= 11 is 3.33. The number of halogens is 1. The number of pyridine rings is 1. The maximum atomic E-state index is 4.20. The van der Waals surface area contributed by atoms with Gasteiger partial charge in [-0.05, 0) is 46.8 Å². The van der Waals surface area contributed by atoms with E-state index in [4.69, 9.17) is 0 Å². The molecule has 1 aromatic rings. The van der Waals surface area contributed by atoms with Crippen molar-refractivity contribution < 1.29 is 0 Å². The first-order valence-electron chi connectivity index (χ1n) is 5.17. The Bertz CT molecular complexity index is 295. The number of rotatable bonds is 3. The average Bonchev–Trinajstić information content (AvgIpc) is 2.16. The molecule has 1 N–H and O–H groups in total. The molecule has 1 aromatic heterocycles. The molecule has 1 heterocycles. The van der Waals surface area contributed by atoms with Crippen LogP contribution in [0.1, 0.15) is 26.2 Å². The quantitative estimate of drug-likeness (QED) is 0.837. The molecule has 0 radical (unpaired) electrons. The highest BCUT2D eigenvalue weighted by Crippen LogP contribution is 2.32. The molecule has 2 nitrogen and oxygen atoms in total. The minimum Gasteiger partial charge on any atom is -0.381 e. The second-order valence-electron chi connectivity index (χ2n) is 3.87. The van der Waals surface area contributed by atoms with Crippen LogP contribution in [0.2, 0.25) is 0 Å². The lowest BCUT2D eigenvalue weighted by molar-refractivity contribution is 0.269. The molecule has 14 heavy (non-hydrogen) atoms. The van der Waals surface area contributed by atoms with Crippen molar-refractivity contribution in [1.82, 2.24) is 4.98 Å². The first-order chi connectivity index (χ1) is 6.79. The van der Waals surface area contributed by atoms with E-state index in [0.717, 1.165) is 16.2 Å². The van der Waals surface area contributed by atoms with Gasteiger partial charge in [-0.15, -0.1) is 0 Å². The van der Waals surface area contributed by atoms with Crippen LogP contribution in [0.3, 0.4) is 0 Å². The second-order valence-corrected chi connectivity index (χ2v) is 4.68. The highest BCUT2D eigenvalue weighted by Gasteiger charge is 2.28. The highest BCUT2D eigenvalue weighted by atomic mass is 79.9. The van der Waals surface area contributed by atoms with E-state index in [2.05, 4.69) is 39.2 Å². The van der Waals surface area contributed by atoms with Crippen molar-refractivity contribution in [2.45, 2.75) is 32.2 Å². The minimum absolute atomic E-state index is 0.669. The van der Waals surface area contributed by atoms with Crippen LogP contribution < -0.4 is 5.32 Å². The van der Waals surface area contributed by atoms with E-state index in [9.17, 15) is 0 Å². The third kappa shape index (κ3) is 2.08. The molecule has 2 unspecified atom stereocenters. The predicted molar refractivity (Wildman–Crippen MR) is 62.4 cm³/mol. The lowest BCUT2D eigenvalue weighted by Gasteiger charge is -2.37. The Morgan fingerprint density at radius 2 is 2.36 bits per heavy atom. The molecule has 0 aromatic carbocycles. The number of anilines is 1. The van der Waals surface area contributed by atoms with Crippen LogP contribution >= 0.6 is 15.9 Å². The van der Waals surface area contributed by atoms with Gasteiger partial charge in [0, 0.05) is 6.04 Å². The van der Waals surface area contributed by atoms with Crippen LogP contribution in [-0.2, 0) is 0 Å². The van der Waals surface area contributed by atoms with E-state index in [0.29, 0.717) is 6.04 Å². The Balaban J connectivity index is 1.94. The first-order valence-corrected chi connectivity index (χ1v) is 5.97. The molecule has 0 amide bonds. The van der Waals surface area contributed by atoms with Crippen LogP contribution in [0.25, 0.3) is 0 Å². The van der Waals surface area contributed by atoms with Gasteiger partial charge in [-0.3, -0.25) is 0 Å². The van der Waals surface area contributed by atoms with Gasteiger partial charge < -0.3 is 5.32 Å². The topological polar surface area (TPSA) is 24.9 Å². The zero-order chi connectivity index (χ0) is 9.97. The van der Waals surface area contributed by atoms with Crippen molar-refractivity contribution in [3.8, 4) is 0 Å². The van der Waals surface area contributed by atoms with Gasteiger partial charge >= 0.3 is 0 Å². The summed E-state index contributed by atoms with van der Waals surface area (Å²) in [6.45, 7) is 2.26. The maximum absolute atomic E-state index is 4.20. The lowest BCUT2D eigenvalue weighted by atomic mass is 9.78. The average molecular weight is 255 g/mol. The van der Waals surface area contributed by atoms with E-state index in [1.54, 1.807) is 0 Å². The molecule has 1 fully saturated rings. The van der Waals surface area contributed by atoms with Crippen LogP contribution in [-0.4, -0.2) is 11.0 Å². The molecule has 0 bridgehead atoms. The molecule has 2 atom stereocenters. The number of hydrogen-bond donors (Lipinski definition) is 1. The maximum Gasteiger partial charge on any atom is 0.106 e. The molecule has 0 aliphatic heterocycles. The van der Waals surface area contributed by atoms with Crippen LogP contribution in [0.5, 0.6) is 0 Å². The number of nitrogens with zero attached hydrogens (tertiary/aromatic N) is 1. The van der Waals surface area contributed by atoms with Crippen molar-refractivity contribution >= 4 is 21.6 Å². The smallest absolute Gasteiger partial charge is 0.106 e. The third-order valence-electron chi connectivity index (χ3n) is 3.02. The van der Waals surface area contributed by atoms with E-state index >= 15 is 0 Å². The molecule has 0 spiro atoms. The molecular weight excluding hydrogens is 240 g/mol. The molecule has 76 valence electrons. The summed E-state index contributed by atoms with van der Waals surface area (Å²) in [6.07, 6.45) is 5.84. The highest BCUT2D eigenvalue weighted by molar-refractivity contribution is 9.10. The third-order valence-corrected chi connectivity index (χ3v) is 3.49. The predicted octanol–water partition coefficient (Wildman–Crippen LogP) is 3.44. The van der Waals surface area contributed by atoms with E-state index < -0.39 is 0 Å². The zero-order valence-corrected chi connectivity index (χ0v) is 9.92. The summed E-state index contributed by atoms with van der Waals surface area (Å²) in [7, 11) is 0. The summed E-state index contributed by atoms with van der Waals surface area (Å²) in [4.78, 5) is 4.20. The SMILES string of the molecule is CCC1CCC1Nc1ccc(Br)nc1. The summed E-state index contributed by atoms with van der Waals surface area (Å²) in [6, 6.07) is 4.72. The Kier molecular flexibility index (Phi) is 3.06. The van der Waals surface area contributed by atoms with Crippen LogP contribution in [0, 0.1) is 5.92 Å². The van der Waals surface area contributed by atoms with Crippen molar-refractivity contribution in [1.29, 1.82) is 0 Å². The van der Waals surface area contributed by atoms with E-state index in [-0.39, 0.29) is 0 Å². The van der Waals surface area contributed by atoms with Crippen LogP contribution in [0.4, 0.5) is 5.69 Å². The Morgan fingerprint density at radius 1 is 1.50 bits per heavy atom. The monoisotopic (exact) mass is 254 g/mol. The van der Waals surface area contributed by atoms with Crippen LogP contribution in [0.15, 0.2) is 22.9 Å². The Hall–Kier alpha value is -0.570. The summed E-state index contributed by atoms with van der Waals surface area (Å²) in [5.74, 6) is 0.860. The fourth-order valence-electron chi connectivity index (χ4n) is 1.92. The van der Waals surface area contributed by atoms with Gasteiger partial charge in [0.25, 0.3) is 0 Å². The normalized spacial score (nSPS) is 25.6. The number of aromatic nitrogens is 1. The fraction of sp³-hybridized carbons (Fsp3) is 0.545. The van der Waals surface area contributed by atoms with Crippen molar-refractivity contribution in [2.24, 2.45) is 5.92 Å². The molecule has 0 saturated heterocycles. The van der Waals surface area contributed by atoms with Gasteiger partial charge in [-0.2, -0.15) is 0 Å². The van der Waals surface area contributed by atoms with E-state index in [1.807, 2.05) is 12.3 Å². The van der Waals surface area contributed by atoms with Gasteiger partial charge in [0.1, 0.15) is 4.60 Å². The lowest BCUT2D eigenvalue weighted by Crippen LogP contribution is -2.37. The summed E-state index contributed by atoms with van der Waals surface area (Å²) < 4.78 is 0.892. The summed E-state index contributed by atoms with van der Waals surface area (Å²) in [5.41, 5.74) is 1.14. The zero-order valence-electron chi connectivity index (χ0n) is 8.33. The van der Waals surface area contributed by atoms with Crippen molar-refractivity contribution in [3.63, 3.8) is 0 Å². The molecule has 1 aliphatic carbocycles. The molecule has 1 aliphatic rings. The molecular formula is C11H15BrN2. The minimum atomic E-state index is 0.669. The number of nitrogens with one attached hydrogen (secondary N) is 1. The van der Waals surface area contributed by atoms with Crippen molar-refractivity contribution in [3.05, 3.63) is 22.9 Å². The molecule has 2 rings (SSSR count). The Morgan fingerprint density at radius 3 is 2.86 bits per heavy atom. The first kappa shape index (κ1) is 9.97. The van der Waals surface area contributed by atoms with Crippen molar-refractivity contribution in [2.75, 3.05) is 5.32 Å².